The van der Waals surface area contributed by atoms with Crippen molar-refractivity contribution in [3.63, 3.8) is 0 Å². The highest BCUT2D eigenvalue weighted by molar-refractivity contribution is 5.81. The van der Waals surface area contributed by atoms with E-state index in [0.717, 1.165) is 17.9 Å². The Balaban J connectivity index is 2.01. The second-order valence-corrected chi connectivity index (χ2v) is 7.28. The van der Waals surface area contributed by atoms with Crippen LogP contribution in [-0.2, 0) is 11.8 Å². The molecule has 3 aromatic rings. The van der Waals surface area contributed by atoms with Crippen LogP contribution in [0.5, 0.6) is 0 Å². The quantitative estimate of drug-likeness (QED) is 0.387. The van der Waals surface area contributed by atoms with Crippen LogP contribution < -0.4 is 0 Å². The Hall–Kier alpha value is -2.41. The van der Waals surface area contributed by atoms with Crippen molar-refractivity contribution in [3.05, 3.63) is 77.6 Å². The van der Waals surface area contributed by atoms with Gasteiger partial charge in [-0.25, -0.2) is 4.42 Å². The van der Waals surface area contributed by atoms with Gasteiger partial charge in [-0.2, -0.15) is 0 Å². The number of benzene rings is 2. The van der Waals surface area contributed by atoms with Gasteiger partial charge in [-0.05, 0) is 38.0 Å². The zero-order valence-electron chi connectivity index (χ0n) is 13.9. The minimum Gasteiger partial charge on any atom is -0.211 e. The highest BCUT2D eigenvalue weighted by Gasteiger charge is 2.37. The van der Waals surface area contributed by atoms with E-state index in [2.05, 4.69) is 81.4 Å². The van der Waals surface area contributed by atoms with Crippen LogP contribution in [0.1, 0.15) is 37.7 Å². The first-order valence-corrected chi connectivity index (χ1v) is 8.18. The summed E-state index contributed by atoms with van der Waals surface area (Å²) in [6.07, 6.45) is 0.948. The molecule has 1 heteroatoms. The largest absolute Gasteiger partial charge is 0.364 e. The molecule has 2 aromatic carbocycles. The van der Waals surface area contributed by atoms with Crippen molar-refractivity contribution in [3.8, 4) is 22.5 Å². The summed E-state index contributed by atoms with van der Waals surface area (Å²) in [4.78, 5) is 0. The number of fused-ring (bicyclic) bond motifs is 3. The first-order chi connectivity index (χ1) is 11.0. The molecule has 1 aliphatic carbocycles. The molecule has 0 aliphatic heterocycles. The standard InChI is InChI=1S/C22H21O/c1-22(2,3)20-14-18(15-9-5-4-6-10-15)19-13-16-11-7-8-12-17(16)21(19)23-20/h4-12,14H,13H2,1-3H3/q+1. The van der Waals surface area contributed by atoms with E-state index in [1.54, 1.807) is 0 Å². The van der Waals surface area contributed by atoms with Gasteiger partial charge in [0.05, 0.1) is 16.5 Å². The summed E-state index contributed by atoms with van der Waals surface area (Å²) in [6.45, 7) is 6.61. The van der Waals surface area contributed by atoms with E-state index >= 15 is 0 Å². The van der Waals surface area contributed by atoms with Gasteiger partial charge in [0.2, 0.25) is 0 Å². The summed E-state index contributed by atoms with van der Waals surface area (Å²) >= 11 is 0. The topological polar surface area (TPSA) is 11.3 Å². The van der Waals surface area contributed by atoms with Crippen molar-refractivity contribution < 1.29 is 4.42 Å². The van der Waals surface area contributed by atoms with Crippen molar-refractivity contribution in [2.75, 3.05) is 0 Å². The number of rotatable bonds is 1. The molecule has 0 radical (unpaired) electrons. The Bertz CT molecular complexity index is 870. The van der Waals surface area contributed by atoms with Crippen LogP contribution in [0, 0.1) is 0 Å². The van der Waals surface area contributed by atoms with Gasteiger partial charge in [-0.15, -0.1) is 0 Å². The third kappa shape index (κ3) is 2.37. The molecule has 1 nitrogen and oxygen atoms in total. The minimum absolute atomic E-state index is 0.0178. The van der Waals surface area contributed by atoms with Gasteiger partial charge >= 0.3 is 11.5 Å². The predicted molar refractivity (Wildman–Crippen MR) is 95.5 cm³/mol. The molecule has 0 saturated heterocycles. The van der Waals surface area contributed by atoms with Crippen molar-refractivity contribution in [2.24, 2.45) is 0 Å². The molecule has 0 spiro atoms. The molecule has 0 saturated carbocycles. The van der Waals surface area contributed by atoms with Gasteiger partial charge < -0.3 is 0 Å². The lowest BCUT2D eigenvalue weighted by atomic mass is 9.89. The molecule has 1 heterocycles. The van der Waals surface area contributed by atoms with E-state index in [-0.39, 0.29) is 5.41 Å². The fraction of sp³-hybridized carbons (Fsp3) is 0.227. The second-order valence-electron chi connectivity index (χ2n) is 7.28. The maximum Gasteiger partial charge on any atom is 0.364 e. The first-order valence-electron chi connectivity index (χ1n) is 8.18. The van der Waals surface area contributed by atoms with Crippen LogP contribution in [0.25, 0.3) is 22.5 Å². The molecule has 23 heavy (non-hydrogen) atoms. The summed E-state index contributed by atoms with van der Waals surface area (Å²) in [5, 5.41) is 0. The van der Waals surface area contributed by atoms with Crippen molar-refractivity contribution >= 4 is 0 Å². The van der Waals surface area contributed by atoms with E-state index < -0.39 is 0 Å². The molecule has 0 atom stereocenters. The van der Waals surface area contributed by atoms with Crippen molar-refractivity contribution in [1.82, 2.24) is 0 Å². The molecular weight excluding hydrogens is 280 g/mol. The Morgan fingerprint density at radius 1 is 0.826 bits per heavy atom. The maximum absolute atomic E-state index is 6.37. The molecule has 0 amide bonds. The Morgan fingerprint density at radius 3 is 2.26 bits per heavy atom. The molecule has 0 bridgehead atoms. The molecule has 114 valence electrons. The van der Waals surface area contributed by atoms with Gasteiger partial charge in [0.15, 0.2) is 0 Å². The Labute approximate surface area is 137 Å². The SMILES string of the molecule is CC(C)(C)c1cc(-c2ccccc2)c2c([o+]1)-c1ccccc1C2. The van der Waals surface area contributed by atoms with Gasteiger partial charge in [-0.3, -0.25) is 0 Å². The fourth-order valence-electron chi connectivity index (χ4n) is 3.27. The van der Waals surface area contributed by atoms with Crippen LogP contribution in [0.15, 0.2) is 65.1 Å². The normalized spacial score (nSPS) is 12.8. The summed E-state index contributed by atoms with van der Waals surface area (Å²) < 4.78 is 6.37. The van der Waals surface area contributed by atoms with Crippen molar-refractivity contribution in [1.29, 1.82) is 0 Å². The number of hydrogen-bond donors (Lipinski definition) is 0. The number of hydrogen-bond acceptors (Lipinski definition) is 0. The van der Waals surface area contributed by atoms with E-state index in [0.29, 0.717) is 0 Å². The van der Waals surface area contributed by atoms with Gasteiger partial charge in [0.25, 0.3) is 0 Å². The lowest BCUT2D eigenvalue weighted by molar-refractivity contribution is 0.405. The molecule has 4 rings (SSSR count). The molecular formula is C22H21O+. The lowest BCUT2D eigenvalue weighted by Gasteiger charge is -2.12. The van der Waals surface area contributed by atoms with Gasteiger partial charge in [0.1, 0.15) is 0 Å². The van der Waals surface area contributed by atoms with Crippen LogP contribution in [0.2, 0.25) is 0 Å². The second kappa shape index (κ2) is 5.06. The molecule has 1 aromatic heterocycles. The third-order valence-electron chi connectivity index (χ3n) is 4.54. The maximum atomic E-state index is 6.37. The van der Waals surface area contributed by atoms with Crippen molar-refractivity contribution in [2.45, 2.75) is 32.6 Å². The summed E-state index contributed by atoms with van der Waals surface area (Å²) in [5.74, 6) is 2.08. The van der Waals surface area contributed by atoms with Crippen LogP contribution in [0.4, 0.5) is 0 Å². The Kier molecular flexibility index (Phi) is 3.12. The minimum atomic E-state index is -0.0178. The zero-order chi connectivity index (χ0) is 16.0. The van der Waals surface area contributed by atoms with E-state index in [4.69, 9.17) is 4.42 Å². The third-order valence-corrected chi connectivity index (χ3v) is 4.54. The van der Waals surface area contributed by atoms with Gasteiger partial charge in [0, 0.05) is 18.1 Å². The zero-order valence-corrected chi connectivity index (χ0v) is 13.9. The highest BCUT2D eigenvalue weighted by atomic mass is 16.3. The molecule has 0 unspecified atom stereocenters. The lowest BCUT2D eigenvalue weighted by Crippen LogP contribution is -2.11. The van der Waals surface area contributed by atoms with Gasteiger partial charge in [-0.1, -0.05) is 48.5 Å². The van der Waals surface area contributed by atoms with E-state index in [9.17, 15) is 0 Å². The Morgan fingerprint density at radius 2 is 1.52 bits per heavy atom. The first kappa shape index (κ1) is 14.2. The summed E-state index contributed by atoms with van der Waals surface area (Å²) in [6, 6.07) is 21.5. The fourth-order valence-corrected chi connectivity index (χ4v) is 3.27. The van der Waals surface area contributed by atoms with E-state index in [1.807, 2.05) is 0 Å². The molecule has 0 N–H and O–H groups in total. The van der Waals surface area contributed by atoms with Crippen LogP contribution in [0.3, 0.4) is 0 Å². The molecule has 1 aliphatic rings. The highest BCUT2D eigenvalue weighted by Crippen LogP contribution is 2.44. The smallest absolute Gasteiger partial charge is 0.211 e. The van der Waals surface area contributed by atoms with Crippen LogP contribution >= 0.6 is 0 Å². The predicted octanol–water partition coefficient (Wildman–Crippen LogP) is 6.10. The average Bonchev–Trinajstić information content (AvgIpc) is 2.92. The molecule has 0 fully saturated rings. The van der Waals surface area contributed by atoms with Crippen LogP contribution in [-0.4, -0.2) is 0 Å². The monoisotopic (exact) mass is 301 g/mol. The summed E-state index contributed by atoms with van der Waals surface area (Å²) in [7, 11) is 0. The summed E-state index contributed by atoms with van der Waals surface area (Å²) in [5.41, 5.74) is 6.45. The average molecular weight is 301 g/mol. The van der Waals surface area contributed by atoms with E-state index in [1.165, 1.54) is 27.8 Å².